The molecule has 0 saturated heterocycles. The molecule has 100 valence electrons. The van der Waals surface area contributed by atoms with E-state index in [4.69, 9.17) is 11.6 Å². The van der Waals surface area contributed by atoms with Crippen LogP contribution in [0.5, 0.6) is 0 Å². The lowest BCUT2D eigenvalue weighted by Gasteiger charge is -2.13. The third-order valence-electron chi connectivity index (χ3n) is 2.33. The zero-order chi connectivity index (χ0) is 13.5. The highest BCUT2D eigenvalue weighted by Gasteiger charge is 2.08. The predicted octanol–water partition coefficient (Wildman–Crippen LogP) is 1.49. The quantitative estimate of drug-likeness (QED) is 0.734. The van der Waals surface area contributed by atoms with E-state index in [9.17, 15) is 9.90 Å². The Balaban J connectivity index is 2.31. The SMILES string of the molecule is CC(C)NC(=O)CNCC(O)c1ccc(Cl)cc1. The second-order valence-corrected chi connectivity index (χ2v) is 4.86. The van der Waals surface area contributed by atoms with E-state index in [0.29, 0.717) is 11.6 Å². The van der Waals surface area contributed by atoms with Crippen LogP contribution < -0.4 is 10.6 Å². The third kappa shape index (κ3) is 5.49. The van der Waals surface area contributed by atoms with Crippen LogP contribution in [0.25, 0.3) is 0 Å². The van der Waals surface area contributed by atoms with Crippen LogP contribution in [0.3, 0.4) is 0 Å². The number of halogens is 1. The molecule has 1 rings (SSSR count). The summed E-state index contributed by atoms with van der Waals surface area (Å²) < 4.78 is 0. The Bertz CT molecular complexity index is 379. The molecule has 0 spiro atoms. The maximum Gasteiger partial charge on any atom is 0.234 e. The van der Waals surface area contributed by atoms with Gasteiger partial charge in [-0.2, -0.15) is 0 Å². The van der Waals surface area contributed by atoms with Crippen LogP contribution in [0.15, 0.2) is 24.3 Å². The fourth-order valence-electron chi connectivity index (χ4n) is 1.50. The van der Waals surface area contributed by atoms with Gasteiger partial charge in [0.15, 0.2) is 0 Å². The molecule has 0 bridgehead atoms. The third-order valence-corrected chi connectivity index (χ3v) is 2.58. The van der Waals surface area contributed by atoms with Gasteiger partial charge in [-0.1, -0.05) is 23.7 Å². The number of benzene rings is 1. The number of hydrogen-bond acceptors (Lipinski definition) is 3. The minimum absolute atomic E-state index is 0.0756. The first-order valence-electron chi connectivity index (χ1n) is 5.92. The van der Waals surface area contributed by atoms with Crippen molar-refractivity contribution in [2.24, 2.45) is 0 Å². The number of aliphatic hydroxyl groups excluding tert-OH is 1. The van der Waals surface area contributed by atoms with E-state index in [1.54, 1.807) is 24.3 Å². The fourth-order valence-corrected chi connectivity index (χ4v) is 1.62. The molecule has 0 aliphatic heterocycles. The maximum atomic E-state index is 11.3. The standard InChI is InChI=1S/C13H19ClN2O2/c1-9(2)16-13(18)8-15-7-12(17)10-3-5-11(14)6-4-10/h3-6,9,12,15,17H,7-8H2,1-2H3,(H,16,18). The molecule has 3 N–H and O–H groups in total. The van der Waals surface area contributed by atoms with E-state index in [1.807, 2.05) is 13.8 Å². The molecular weight excluding hydrogens is 252 g/mol. The number of nitrogens with one attached hydrogen (secondary N) is 2. The smallest absolute Gasteiger partial charge is 0.234 e. The number of hydrogen-bond donors (Lipinski definition) is 3. The number of aliphatic hydroxyl groups is 1. The second kappa shape index (κ2) is 7.36. The average molecular weight is 271 g/mol. The first-order valence-corrected chi connectivity index (χ1v) is 6.30. The van der Waals surface area contributed by atoms with E-state index in [0.717, 1.165) is 5.56 Å². The molecule has 0 aliphatic carbocycles. The van der Waals surface area contributed by atoms with Crippen molar-refractivity contribution in [3.63, 3.8) is 0 Å². The summed E-state index contributed by atoms with van der Waals surface area (Å²) in [5.41, 5.74) is 0.774. The van der Waals surface area contributed by atoms with E-state index in [1.165, 1.54) is 0 Å². The van der Waals surface area contributed by atoms with E-state index in [-0.39, 0.29) is 18.5 Å². The number of rotatable bonds is 6. The van der Waals surface area contributed by atoms with Crippen LogP contribution in [0.2, 0.25) is 5.02 Å². The fraction of sp³-hybridized carbons (Fsp3) is 0.462. The summed E-state index contributed by atoms with van der Waals surface area (Å²) >= 11 is 5.76. The van der Waals surface area contributed by atoms with E-state index >= 15 is 0 Å². The maximum absolute atomic E-state index is 11.3. The number of carbonyl (C=O) groups is 1. The summed E-state index contributed by atoms with van der Waals surface area (Å²) in [5.74, 6) is -0.0756. The highest BCUT2D eigenvalue weighted by Crippen LogP contribution is 2.15. The number of amides is 1. The first kappa shape index (κ1) is 15.0. The van der Waals surface area contributed by atoms with Gasteiger partial charge in [-0.05, 0) is 31.5 Å². The molecule has 1 atom stereocenters. The summed E-state index contributed by atoms with van der Waals surface area (Å²) in [6.07, 6.45) is -0.644. The molecule has 4 nitrogen and oxygen atoms in total. The molecule has 0 aliphatic rings. The number of carbonyl (C=O) groups excluding carboxylic acids is 1. The topological polar surface area (TPSA) is 61.4 Å². The van der Waals surface area contributed by atoms with E-state index in [2.05, 4.69) is 10.6 Å². The van der Waals surface area contributed by atoms with Crippen LogP contribution in [-0.4, -0.2) is 30.1 Å². The summed E-state index contributed by atoms with van der Waals surface area (Å²) in [6, 6.07) is 7.11. The Morgan fingerprint density at radius 1 is 1.33 bits per heavy atom. The minimum Gasteiger partial charge on any atom is -0.387 e. The second-order valence-electron chi connectivity index (χ2n) is 4.42. The Hall–Kier alpha value is -1.10. The van der Waals surface area contributed by atoms with Gasteiger partial charge in [0.05, 0.1) is 12.6 Å². The highest BCUT2D eigenvalue weighted by atomic mass is 35.5. The Morgan fingerprint density at radius 3 is 2.50 bits per heavy atom. The van der Waals surface area contributed by atoms with Gasteiger partial charge < -0.3 is 15.7 Å². The molecule has 0 radical (unpaired) electrons. The van der Waals surface area contributed by atoms with Gasteiger partial charge in [-0.15, -0.1) is 0 Å². The summed E-state index contributed by atoms with van der Waals surface area (Å²) in [6.45, 7) is 4.33. The van der Waals surface area contributed by atoms with Crippen molar-refractivity contribution in [3.05, 3.63) is 34.9 Å². The van der Waals surface area contributed by atoms with Crippen molar-refractivity contribution in [1.29, 1.82) is 0 Å². The zero-order valence-electron chi connectivity index (χ0n) is 10.6. The molecule has 1 aromatic carbocycles. The molecule has 1 amide bonds. The van der Waals surface area contributed by atoms with Crippen molar-refractivity contribution >= 4 is 17.5 Å². The van der Waals surface area contributed by atoms with Crippen LogP contribution in [0.1, 0.15) is 25.5 Å². The van der Waals surface area contributed by atoms with Gasteiger partial charge in [0.25, 0.3) is 0 Å². The Kier molecular flexibility index (Phi) is 6.12. The van der Waals surface area contributed by atoms with Crippen LogP contribution in [0, 0.1) is 0 Å². The lowest BCUT2D eigenvalue weighted by Crippen LogP contribution is -2.38. The van der Waals surface area contributed by atoms with Crippen molar-refractivity contribution in [3.8, 4) is 0 Å². The molecule has 0 saturated carbocycles. The van der Waals surface area contributed by atoms with Gasteiger partial charge in [0.2, 0.25) is 5.91 Å². The summed E-state index contributed by atoms with van der Waals surface area (Å²) in [7, 11) is 0. The average Bonchev–Trinajstić information content (AvgIpc) is 2.28. The van der Waals surface area contributed by atoms with Gasteiger partial charge in [0, 0.05) is 17.6 Å². The molecule has 0 fully saturated rings. The highest BCUT2D eigenvalue weighted by molar-refractivity contribution is 6.30. The Labute approximate surface area is 112 Å². The first-order chi connectivity index (χ1) is 8.49. The van der Waals surface area contributed by atoms with Crippen LogP contribution >= 0.6 is 11.6 Å². The van der Waals surface area contributed by atoms with Crippen LogP contribution in [0.4, 0.5) is 0 Å². The van der Waals surface area contributed by atoms with Crippen LogP contribution in [-0.2, 0) is 4.79 Å². The predicted molar refractivity (Wildman–Crippen MR) is 72.6 cm³/mol. The monoisotopic (exact) mass is 270 g/mol. The van der Waals surface area contributed by atoms with Crippen molar-refractivity contribution in [2.45, 2.75) is 26.0 Å². The Morgan fingerprint density at radius 2 is 1.94 bits per heavy atom. The molecule has 0 aromatic heterocycles. The lowest BCUT2D eigenvalue weighted by atomic mass is 10.1. The minimum atomic E-state index is -0.644. The molecule has 18 heavy (non-hydrogen) atoms. The van der Waals surface area contributed by atoms with Crippen molar-refractivity contribution in [2.75, 3.05) is 13.1 Å². The van der Waals surface area contributed by atoms with E-state index < -0.39 is 6.10 Å². The molecule has 1 aromatic rings. The molecule has 5 heteroatoms. The van der Waals surface area contributed by atoms with Gasteiger partial charge in [-0.3, -0.25) is 4.79 Å². The largest absolute Gasteiger partial charge is 0.387 e. The zero-order valence-corrected chi connectivity index (χ0v) is 11.4. The lowest BCUT2D eigenvalue weighted by molar-refractivity contribution is -0.120. The molecule has 0 heterocycles. The molecular formula is C13H19ClN2O2. The normalized spacial score (nSPS) is 12.5. The van der Waals surface area contributed by atoms with Gasteiger partial charge >= 0.3 is 0 Å². The van der Waals surface area contributed by atoms with Crippen molar-refractivity contribution < 1.29 is 9.90 Å². The molecule has 1 unspecified atom stereocenters. The summed E-state index contributed by atoms with van der Waals surface area (Å²) in [4.78, 5) is 11.3. The summed E-state index contributed by atoms with van der Waals surface area (Å²) in [5, 5.41) is 16.2. The van der Waals surface area contributed by atoms with Gasteiger partial charge in [0.1, 0.15) is 0 Å². The van der Waals surface area contributed by atoms with Gasteiger partial charge in [-0.25, -0.2) is 0 Å². The van der Waals surface area contributed by atoms with Crippen molar-refractivity contribution in [1.82, 2.24) is 10.6 Å².